The molecule has 0 aliphatic heterocycles. The fraction of sp³-hybridized carbons (Fsp3) is 0.0714. The Morgan fingerprint density at radius 3 is 2.35 bits per heavy atom. The summed E-state index contributed by atoms with van der Waals surface area (Å²) in [7, 11) is 1.60. The van der Waals surface area contributed by atoms with Crippen LogP contribution in [0.3, 0.4) is 0 Å². The molecule has 2 rings (SSSR count). The molecule has 86 valence electrons. The molecule has 1 heterocycles. The maximum Gasteiger partial charge on any atom is 0.174 e. The molecule has 0 spiro atoms. The van der Waals surface area contributed by atoms with Gasteiger partial charge in [0.1, 0.15) is 5.75 Å². The van der Waals surface area contributed by atoms with Crippen LogP contribution in [0.15, 0.2) is 54.9 Å². The van der Waals surface area contributed by atoms with Crippen LogP contribution in [0.25, 0.3) is 12.0 Å². The van der Waals surface area contributed by atoms with Gasteiger partial charge >= 0.3 is 0 Å². The second kappa shape index (κ2) is 5.16. The van der Waals surface area contributed by atoms with Crippen LogP contribution in [0.2, 0.25) is 0 Å². The van der Waals surface area contributed by atoms with Gasteiger partial charge in [-0.2, -0.15) is 4.57 Å². The Labute approximate surface area is 100 Å². The molecule has 0 saturated heterocycles. The van der Waals surface area contributed by atoms with Crippen molar-refractivity contribution in [1.82, 2.24) is 0 Å². The van der Waals surface area contributed by atoms with Crippen molar-refractivity contribution in [1.29, 1.82) is 0 Å². The van der Waals surface area contributed by atoms with Gasteiger partial charge in [0, 0.05) is 12.1 Å². The Morgan fingerprint density at radius 1 is 1.12 bits per heavy atom. The highest BCUT2D eigenvalue weighted by Gasteiger charge is 1.96. The van der Waals surface area contributed by atoms with Gasteiger partial charge < -0.3 is 9.84 Å². The van der Waals surface area contributed by atoms with Crippen molar-refractivity contribution in [3.8, 4) is 5.75 Å². The summed E-state index contributed by atoms with van der Waals surface area (Å²) in [5.41, 5.74) is 0.641. The van der Waals surface area contributed by atoms with Gasteiger partial charge in [-0.3, -0.25) is 0 Å². The Hall–Kier alpha value is -2.29. The lowest BCUT2D eigenvalue weighted by molar-refractivity contribution is -0.570. The summed E-state index contributed by atoms with van der Waals surface area (Å²) in [5, 5.41) is 11.9. The molecule has 1 aromatic heterocycles. The van der Waals surface area contributed by atoms with Gasteiger partial charge in [-0.25, -0.2) is 0 Å². The lowest BCUT2D eigenvalue weighted by Gasteiger charge is -2.09. The highest BCUT2D eigenvalue weighted by molar-refractivity contribution is 5.64. The molecule has 3 nitrogen and oxygen atoms in total. The average molecular weight is 227 g/mol. The Kier molecular flexibility index (Phi) is 3.40. The van der Waals surface area contributed by atoms with E-state index < -0.39 is 0 Å². The molecular formula is C14H13NO2. The predicted octanol–water partition coefficient (Wildman–Crippen LogP) is 1.30. The summed E-state index contributed by atoms with van der Waals surface area (Å²) < 4.78 is 6.77. The number of rotatable bonds is 3. The van der Waals surface area contributed by atoms with Crippen LogP contribution in [-0.4, -0.2) is 7.11 Å². The molecule has 0 aliphatic rings. The van der Waals surface area contributed by atoms with Crippen LogP contribution >= 0.6 is 0 Å². The van der Waals surface area contributed by atoms with E-state index in [1.54, 1.807) is 42.1 Å². The lowest BCUT2D eigenvalue weighted by atomic mass is 10.2. The third-order valence-electron chi connectivity index (χ3n) is 2.38. The summed E-state index contributed by atoms with van der Waals surface area (Å²) in [6.07, 6.45) is 5.19. The first-order valence-corrected chi connectivity index (χ1v) is 5.28. The molecule has 0 aliphatic carbocycles. The van der Waals surface area contributed by atoms with Crippen LogP contribution in [0.4, 0.5) is 0 Å². The van der Waals surface area contributed by atoms with E-state index in [-0.39, 0.29) is 5.76 Å². The summed E-state index contributed by atoms with van der Waals surface area (Å²) in [6, 6.07) is 12.7. The molecule has 0 saturated carbocycles. The monoisotopic (exact) mass is 227 g/mol. The first-order valence-electron chi connectivity index (χ1n) is 5.28. The molecule has 0 fully saturated rings. The highest BCUT2D eigenvalue weighted by Crippen LogP contribution is 2.14. The molecule has 0 bridgehead atoms. The zero-order valence-corrected chi connectivity index (χ0v) is 9.54. The first-order chi connectivity index (χ1) is 8.29. The van der Waals surface area contributed by atoms with E-state index >= 15 is 0 Å². The van der Waals surface area contributed by atoms with Crippen LogP contribution in [-0.2, 0) is 0 Å². The zero-order chi connectivity index (χ0) is 12.1. The van der Waals surface area contributed by atoms with Crippen LogP contribution in [0.5, 0.6) is 5.75 Å². The molecule has 0 amide bonds. The van der Waals surface area contributed by atoms with E-state index in [1.165, 1.54) is 0 Å². The van der Waals surface area contributed by atoms with Crippen molar-refractivity contribution in [2.24, 2.45) is 0 Å². The number of methoxy groups -OCH3 is 1. The Balaban J connectivity index is 2.24. The minimum absolute atomic E-state index is 0.0381. The highest BCUT2D eigenvalue weighted by atomic mass is 16.5. The topological polar surface area (TPSA) is 36.2 Å². The van der Waals surface area contributed by atoms with E-state index in [1.807, 2.05) is 30.6 Å². The number of hydrogen-bond acceptors (Lipinski definition) is 2. The number of aromatic nitrogens is 1. The summed E-state index contributed by atoms with van der Waals surface area (Å²) in [6.45, 7) is 0. The first kappa shape index (κ1) is 11.2. The number of nitrogens with zero attached hydrogens (tertiary/aromatic N) is 1. The summed E-state index contributed by atoms with van der Waals surface area (Å²) in [5.74, 6) is 0.706. The van der Waals surface area contributed by atoms with Gasteiger partial charge in [0.2, 0.25) is 0 Å². The van der Waals surface area contributed by atoms with Crippen molar-refractivity contribution in [2.45, 2.75) is 0 Å². The molecule has 3 heteroatoms. The fourth-order valence-electron chi connectivity index (χ4n) is 1.46. The van der Waals surface area contributed by atoms with Crippen LogP contribution < -0.4 is 14.4 Å². The number of ether oxygens (including phenoxy) is 1. The number of benzene rings is 1. The van der Waals surface area contributed by atoms with Gasteiger partial charge in [-0.15, -0.1) is 0 Å². The van der Waals surface area contributed by atoms with E-state index in [0.717, 1.165) is 5.75 Å². The number of hydrogen-bond donors (Lipinski definition) is 0. The van der Waals surface area contributed by atoms with Crippen molar-refractivity contribution < 1.29 is 14.4 Å². The quantitative estimate of drug-likeness (QED) is 0.585. The zero-order valence-electron chi connectivity index (χ0n) is 9.54. The Bertz CT molecular complexity index is 504. The lowest BCUT2D eigenvalue weighted by Crippen LogP contribution is -2.26. The van der Waals surface area contributed by atoms with Gasteiger partial charge in [0.05, 0.1) is 7.11 Å². The van der Waals surface area contributed by atoms with E-state index in [0.29, 0.717) is 5.56 Å². The van der Waals surface area contributed by atoms with Crippen LogP contribution in [0.1, 0.15) is 5.56 Å². The molecule has 17 heavy (non-hydrogen) atoms. The predicted molar refractivity (Wildman–Crippen MR) is 63.8 cm³/mol. The molecular weight excluding hydrogens is 214 g/mol. The normalized spacial score (nSPS) is 11.2. The standard InChI is InChI=1S/C14H13NO2/c1-17-13-7-5-12(6-8-13)14(16)11-15-9-3-2-4-10-15/h2-11H,1H3. The third-order valence-corrected chi connectivity index (χ3v) is 2.38. The van der Waals surface area contributed by atoms with E-state index in [2.05, 4.69) is 0 Å². The fourth-order valence-corrected chi connectivity index (χ4v) is 1.46. The second-order valence-corrected chi connectivity index (χ2v) is 3.54. The molecule has 1 aromatic carbocycles. The molecule has 0 N–H and O–H groups in total. The van der Waals surface area contributed by atoms with Crippen molar-refractivity contribution in [3.05, 3.63) is 60.4 Å². The largest absolute Gasteiger partial charge is 0.868 e. The maximum absolute atomic E-state index is 11.9. The van der Waals surface area contributed by atoms with Gasteiger partial charge in [-0.05, 0) is 23.5 Å². The minimum Gasteiger partial charge on any atom is -0.868 e. The maximum atomic E-state index is 11.9. The second-order valence-electron chi connectivity index (χ2n) is 3.54. The molecule has 0 atom stereocenters. The van der Waals surface area contributed by atoms with Gasteiger partial charge in [0.25, 0.3) is 0 Å². The smallest absolute Gasteiger partial charge is 0.174 e. The average Bonchev–Trinajstić information content (AvgIpc) is 2.40. The summed E-state index contributed by atoms with van der Waals surface area (Å²) in [4.78, 5) is 0. The summed E-state index contributed by atoms with van der Waals surface area (Å²) >= 11 is 0. The molecule has 0 unspecified atom stereocenters. The van der Waals surface area contributed by atoms with Crippen molar-refractivity contribution in [3.63, 3.8) is 0 Å². The number of pyridine rings is 1. The van der Waals surface area contributed by atoms with E-state index in [9.17, 15) is 5.11 Å². The Morgan fingerprint density at radius 2 is 1.76 bits per heavy atom. The van der Waals surface area contributed by atoms with E-state index in [4.69, 9.17) is 4.74 Å². The van der Waals surface area contributed by atoms with Crippen LogP contribution in [0, 0.1) is 0 Å². The van der Waals surface area contributed by atoms with Gasteiger partial charge in [-0.1, -0.05) is 18.2 Å². The SMILES string of the molecule is COc1ccc(C([O-])=C[n+]2ccccc2)cc1. The van der Waals surface area contributed by atoms with Crippen molar-refractivity contribution >= 4 is 12.0 Å². The molecule has 0 radical (unpaired) electrons. The molecule has 2 aromatic rings. The minimum atomic E-state index is -0.0381. The van der Waals surface area contributed by atoms with Crippen molar-refractivity contribution in [2.75, 3.05) is 7.11 Å². The third kappa shape index (κ3) is 2.84. The van der Waals surface area contributed by atoms with Gasteiger partial charge in [0.15, 0.2) is 18.6 Å².